The summed E-state index contributed by atoms with van der Waals surface area (Å²) in [7, 11) is -4.39. The van der Waals surface area contributed by atoms with Gasteiger partial charge in [0.2, 0.25) is 0 Å². The second kappa shape index (κ2) is 5.55. The zero-order valence-corrected chi connectivity index (χ0v) is 7.93. The molecule has 0 bridgehead atoms. The first-order valence-electron chi connectivity index (χ1n) is 3.61. The van der Waals surface area contributed by atoms with Crippen LogP contribution in [0, 0.1) is 0 Å². The third-order valence-electron chi connectivity index (χ3n) is 1.57. The van der Waals surface area contributed by atoms with Gasteiger partial charge in [-0.1, -0.05) is 12.1 Å². The van der Waals surface area contributed by atoms with E-state index in [0.717, 1.165) is 24.3 Å². The summed E-state index contributed by atoms with van der Waals surface area (Å²) >= 11 is 0. The summed E-state index contributed by atoms with van der Waals surface area (Å²) in [5.41, 5.74) is -0.456. The molecule has 0 aliphatic carbocycles. The standard InChI is InChI=1S/C8H5F3O3S.Li.H/c9-7(8(10)11)5-1-3-6(4-2-5)15(12,13)14;;/h1-4H,(H,12,13,14);;. The fourth-order valence-electron chi connectivity index (χ4n) is 0.882. The summed E-state index contributed by atoms with van der Waals surface area (Å²) in [5.74, 6) is -1.73. The SMILES string of the molecule is O=S(=O)(O)c1ccc(C(F)=C(F)F)cc1.[LiH]. The summed E-state index contributed by atoms with van der Waals surface area (Å²) in [6, 6.07) is 3.32. The zero-order chi connectivity index (χ0) is 11.6. The van der Waals surface area contributed by atoms with Crippen LogP contribution in [0.25, 0.3) is 5.83 Å². The molecule has 1 N–H and O–H groups in total. The van der Waals surface area contributed by atoms with Crippen LogP contribution in [0.3, 0.4) is 0 Å². The molecule has 0 aliphatic heterocycles. The number of hydrogen-bond donors (Lipinski definition) is 1. The van der Waals surface area contributed by atoms with E-state index in [1.807, 2.05) is 0 Å². The second-order valence-corrected chi connectivity index (χ2v) is 4.00. The van der Waals surface area contributed by atoms with Crippen molar-refractivity contribution in [3.8, 4) is 0 Å². The van der Waals surface area contributed by atoms with Crippen LogP contribution >= 0.6 is 0 Å². The van der Waals surface area contributed by atoms with Crippen molar-refractivity contribution in [2.24, 2.45) is 0 Å². The van der Waals surface area contributed by atoms with Gasteiger partial charge in [0.1, 0.15) is 0 Å². The van der Waals surface area contributed by atoms with E-state index in [9.17, 15) is 21.6 Å². The Bertz CT molecular complexity index is 492. The minimum atomic E-state index is -4.39. The van der Waals surface area contributed by atoms with Crippen molar-refractivity contribution in [2.45, 2.75) is 4.90 Å². The molecule has 1 aromatic carbocycles. The molecule has 0 spiro atoms. The van der Waals surface area contributed by atoms with Crippen LogP contribution in [0.4, 0.5) is 13.2 Å². The van der Waals surface area contributed by atoms with Crippen molar-refractivity contribution in [3.63, 3.8) is 0 Å². The summed E-state index contributed by atoms with van der Waals surface area (Å²) in [5, 5.41) is 0. The van der Waals surface area contributed by atoms with Gasteiger partial charge in [-0.05, 0) is 12.1 Å². The molecule has 0 heterocycles. The van der Waals surface area contributed by atoms with Gasteiger partial charge < -0.3 is 0 Å². The molecule has 16 heavy (non-hydrogen) atoms. The van der Waals surface area contributed by atoms with Gasteiger partial charge in [0.15, 0.2) is 5.83 Å². The Labute approximate surface area is 102 Å². The first-order chi connectivity index (χ1) is 6.82. The van der Waals surface area contributed by atoms with Crippen LogP contribution in [0.1, 0.15) is 5.56 Å². The molecule has 0 saturated carbocycles. The van der Waals surface area contributed by atoms with Crippen LogP contribution in [0.5, 0.6) is 0 Å². The van der Waals surface area contributed by atoms with E-state index in [2.05, 4.69) is 0 Å². The van der Waals surface area contributed by atoms with Crippen LogP contribution in [-0.4, -0.2) is 31.8 Å². The molecule has 8 heteroatoms. The van der Waals surface area contributed by atoms with Crippen molar-refractivity contribution < 1.29 is 26.1 Å². The number of benzene rings is 1. The van der Waals surface area contributed by atoms with E-state index in [1.54, 1.807) is 0 Å². The predicted octanol–water partition coefficient (Wildman–Crippen LogP) is 1.82. The van der Waals surface area contributed by atoms with Gasteiger partial charge in [-0.2, -0.15) is 17.2 Å². The second-order valence-electron chi connectivity index (χ2n) is 2.57. The third kappa shape index (κ3) is 3.68. The molecule has 0 saturated heterocycles. The molecule has 3 nitrogen and oxygen atoms in total. The van der Waals surface area contributed by atoms with Crippen molar-refractivity contribution in [1.29, 1.82) is 0 Å². The molecule has 0 fully saturated rings. The van der Waals surface area contributed by atoms with E-state index in [4.69, 9.17) is 4.55 Å². The van der Waals surface area contributed by atoms with Crippen LogP contribution in [0.15, 0.2) is 35.2 Å². The fraction of sp³-hybridized carbons (Fsp3) is 0. The molecule has 0 aromatic heterocycles. The molecular formula is C8H6F3LiO3S. The van der Waals surface area contributed by atoms with E-state index < -0.39 is 32.5 Å². The van der Waals surface area contributed by atoms with E-state index in [0.29, 0.717) is 0 Å². The van der Waals surface area contributed by atoms with E-state index in [1.165, 1.54) is 0 Å². The first kappa shape index (κ1) is 15.3. The zero-order valence-electron chi connectivity index (χ0n) is 7.12. The number of hydrogen-bond acceptors (Lipinski definition) is 2. The average molecular weight is 246 g/mol. The van der Waals surface area contributed by atoms with Gasteiger partial charge in [0.05, 0.1) is 4.90 Å². The van der Waals surface area contributed by atoms with Crippen LogP contribution in [0.2, 0.25) is 0 Å². The van der Waals surface area contributed by atoms with Gasteiger partial charge in [-0.3, -0.25) is 4.55 Å². The maximum absolute atomic E-state index is 12.6. The summed E-state index contributed by atoms with van der Waals surface area (Å²) in [4.78, 5) is -0.488. The van der Waals surface area contributed by atoms with Crippen molar-refractivity contribution in [1.82, 2.24) is 0 Å². The maximum atomic E-state index is 12.6. The molecule has 0 aliphatic rings. The molecule has 1 rings (SSSR count). The van der Waals surface area contributed by atoms with Crippen LogP contribution < -0.4 is 0 Å². The van der Waals surface area contributed by atoms with Crippen LogP contribution in [-0.2, 0) is 10.1 Å². The molecule has 0 atom stereocenters. The van der Waals surface area contributed by atoms with Crippen molar-refractivity contribution in [2.75, 3.05) is 0 Å². The predicted molar refractivity (Wildman–Crippen MR) is 53.6 cm³/mol. The monoisotopic (exact) mass is 246 g/mol. The van der Waals surface area contributed by atoms with Gasteiger partial charge in [0, 0.05) is 5.56 Å². The Hall–Kier alpha value is -0.743. The summed E-state index contributed by atoms with van der Waals surface area (Å²) in [6.45, 7) is 0. The van der Waals surface area contributed by atoms with Crippen molar-refractivity contribution >= 4 is 34.8 Å². The Morgan fingerprint density at radius 2 is 1.50 bits per heavy atom. The van der Waals surface area contributed by atoms with Gasteiger partial charge in [-0.25, -0.2) is 4.39 Å². The molecule has 1 aromatic rings. The van der Waals surface area contributed by atoms with Crippen molar-refractivity contribution in [3.05, 3.63) is 35.9 Å². The Balaban J connectivity index is 0.00000225. The normalized spacial score (nSPS) is 10.5. The molecule has 0 radical (unpaired) electrons. The molecular weight excluding hydrogens is 240 g/mol. The van der Waals surface area contributed by atoms with E-state index in [-0.39, 0.29) is 18.9 Å². The Morgan fingerprint density at radius 3 is 1.81 bits per heavy atom. The molecule has 0 amide bonds. The Kier molecular flexibility index (Phi) is 5.29. The topological polar surface area (TPSA) is 54.4 Å². The molecule has 84 valence electrons. The molecule has 0 unspecified atom stereocenters. The first-order valence-corrected chi connectivity index (χ1v) is 5.05. The average Bonchev–Trinajstić information content (AvgIpc) is 2.15. The number of rotatable bonds is 2. The van der Waals surface area contributed by atoms with Gasteiger partial charge in [-0.15, -0.1) is 0 Å². The van der Waals surface area contributed by atoms with Gasteiger partial charge >= 0.3 is 24.9 Å². The van der Waals surface area contributed by atoms with Gasteiger partial charge in [0.25, 0.3) is 10.1 Å². The van der Waals surface area contributed by atoms with E-state index >= 15 is 0 Å². The summed E-state index contributed by atoms with van der Waals surface area (Å²) < 4.78 is 65.8. The quantitative estimate of drug-likeness (QED) is 0.639. The number of halogens is 3. The Morgan fingerprint density at radius 1 is 1.06 bits per heavy atom. The summed E-state index contributed by atoms with van der Waals surface area (Å²) in [6.07, 6.45) is -2.49. The minimum absolute atomic E-state index is 0. The third-order valence-corrected chi connectivity index (χ3v) is 2.44. The fourth-order valence-corrected chi connectivity index (χ4v) is 1.36.